The Balaban J connectivity index is 1.79. The molecule has 10 heteroatoms. The van der Waals surface area contributed by atoms with Gasteiger partial charge in [0.15, 0.2) is 17.3 Å². The molecule has 1 N–H and O–H groups in total. The summed E-state index contributed by atoms with van der Waals surface area (Å²) in [5.74, 6) is 1.43. The standard InChI is InChI=1S/C20H29N3O6S/c1-14-20(15(2)29-22-14)30(25,26)21-11-10-19(24)23(3)12-6-7-16-8-9-17(27-4)18(13-16)28-5/h8-9,13,21H,6-7,10-12H2,1-5H3. The van der Waals surface area contributed by atoms with Gasteiger partial charge in [0, 0.05) is 26.6 Å². The first kappa shape index (κ1) is 23.7. The zero-order valence-electron chi connectivity index (χ0n) is 18.0. The van der Waals surface area contributed by atoms with Gasteiger partial charge in [-0.3, -0.25) is 4.79 Å². The fraction of sp³-hybridized carbons (Fsp3) is 0.500. The van der Waals surface area contributed by atoms with E-state index < -0.39 is 10.0 Å². The van der Waals surface area contributed by atoms with E-state index in [0.717, 1.165) is 18.4 Å². The maximum atomic E-state index is 12.4. The van der Waals surface area contributed by atoms with Crippen LogP contribution >= 0.6 is 0 Å². The van der Waals surface area contributed by atoms with E-state index >= 15 is 0 Å². The number of benzene rings is 1. The highest BCUT2D eigenvalue weighted by atomic mass is 32.2. The van der Waals surface area contributed by atoms with Gasteiger partial charge < -0.3 is 18.9 Å². The Morgan fingerprint density at radius 3 is 2.50 bits per heavy atom. The Morgan fingerprint density at radius 1 is 1.20 bits per heavy atom. The van der Waals surface area contributed by atoms with Gasteiger partial charge in [0.05, 0.1) is 14.2 Å². The third-order valence-corrected chi connectivity index (χ3v) is 6.40. The highest BCUT2D eigenvalue weighted by Gasteiger charge is 2.24. The van der Waals surface area contributed by atoms with Crippen LogP contribution in [-0.2, 0) is 21.2 Å². The first-order chi connectivity index (χ1) is 14.2. The Bertz CT molecular complexity index is 951. The molecule has 0 aliphatic heterocycles. The van der Waals surface area contributed by atoms with E-state index in [1.54, 1.807) is 33.1 Å². The monoisotopic (exact) mass is 439 g/mol. The summed E-state index contributed by atoms with van der Waals surface area (Å²) in [5, 5.41) is 3.65. The second-order valence-electron chi connectivity index (χ2n) is 6.91. The summed E-state index contributed by atoms with van der Waals surface area (Å²) in [6.45, 7) is 3.66. The molecule has 0 aliphatic carbocycles. The van der Waals surface area contributed by atoms with Crippen molar-refractivity contribution in [2.45, 2.75) is 38.0 Å². The van der Waals surface area contributed by atoms with Gasteiger partial charge in [-0.25, -0.2) is 13.1 Å². The quantitative estimate of drug-likeness (QED) is 0.570. The van der Waals surface area contributed by atoms with Gasteiger partial charge in [0.1, 0.15) is 10.6 Å². The molecule has 0 saturated carbocycles. The lowest BCUT2D eigenvalue weighted by atomic mass is 10.1. The summed E-state index contributed by atoms with van der Waals surface area (Å²) in [6, 6.07) is 5.74. The normalized spacial score (nSPS) is 11.4. The fourth-order valence-corrected chi connectivity index (χ4v) is 4.45. The number of aryl methyl sites for hydroxylation is 3. The highest BCUT2D eigenvalue weighted by Crippen LogP contribution is 2.28. The molecule has 0 bridgehead atoms. The lowest BCUT2D eigenvalue weighted by Crippen LogP contribution is -2.33. The van der Waals surface area contributed by atoms with Crippen molar-refractivity contribution in [3.8, 4) is 11.5 Å². The van der Waals surface area contributed by atoms with E-state index in [0.29, 0.717) is 23.7 Å². The zero-order chi connectivity index (χ0) is 22.3. The van der Waals surface area contributed by atoms with Crippen LogP contribution in [0.3, 0.4) is 0 Å². The number of amides is 1. The van der Waals surface area contributed by atoms with E-state index in [2.05, 4.69) is 9.88 Å². The largest absolute Gasteiger partial charge is 0.493 e. The lowest BCUT2D eigenvalue weighted by molar-refractivity contribution is -0.129. The molecule has 1 heterocycles. The van der Waals surface area contributed by atoms with Crippen LogP contribution in [0.5, 0.6) is 11.5 Å². The molecule has 2 rings (SSSR count). The highest BCUT2D eigenvalue weighted by molar-refractivity contribution is 7.89. The van der Waals surface area contributed by atoms with Crippen molar-refractivity contribution >= 4 is 15.9 Å². The van der Waals surface area contributed by atoms with Crippen molar-refractivity contribution in [3.05, 3.63) is 35.2 Å². The summed E-state index contributed by atoms with van der Waals surface area (Å²) < 4.78 is 42.6. The van der Waals surface area contributed by atoms with E-state index in [1.807, 2.05) is 18.2 Å². The van der Waals surface area contributed by atoms with Gasteiger partial charge in [-0.05, 0) is 44.4 Å². The Labute approximate surface area is 177 Å². The topological polar surface area (TPSA) is 111 Å². The first-order valence-corrected chi connectivity index (χ1v) is 11.0. The number of methoxy groups -OCH3 is 2. The van der Waals surface area contributed by atoms with Crippen molar-refractivity contribution in [2.24, 2.45) is 0 Å². The minimum Gasteiger partial charge on any atom is -0.493 e. The number of sulfonamides is 1. The van der Waals surface area contributed by atoms with Crippen LogP contribution in [0.15, 0.2) is 27.6 Å². The molecule has 0 atom stereocenters. The van der Waals surface area contributed by atoms with Gasteiger partial charge in [-0.1, -0.05) is 11.2 Å². The minimum absolute atomic E-state index is 0.00520. The number of hydrogen-bond acceptors (Lipinski definition) is 7. The predicted octanol–water partition coefficient (Wildman–Crippen LogP) is 2.07. The van der Waals surface area contributed by atoms with Crippen LogP contribution < -0.4 is 14.2 Å². The van der Waals surface area contributed by atoms with Crippen LogP contribution in [0, 0.1) is 13.8 Å². The Morgan fingerprint density at radius 2 is 1.90 bits per heavy atom. The molecule has 1 amide bonds. The number of hydrogen-bond donors (Lipinski definition) is 1. The van der Waals surface area contributed by atoms with Gasteiger partial charge in [0.25, 0.3) is 0 Å². The van der Waals surface area contributed by atoms with E-state index in [1.165, 1.54) is 6.92 Å². The van der Waals surface area contributed by atoms with Gasteiger partial charge >= 0.3 is 0 Å². The number of ether oxygens (including phenoxy) is 2. The van der Waals surface area contributed by atoms with Crippen LogP contribution in [0.1, 0.15) is 29.9 Å². The number of carbonyl (C=O) groups is 1. The zero-order valence-corrected chi connectivity index (χ0v) is 18.8. The van der Waals surface area contributed by atoms with E-state index in [4.69, 9.17) is 14.0 Å². The van der Waals surface area contributed by atoms with Gasteiger partial charge in [-0.2, -0.15) is 0 Å². The average molecular weight is 440 g/mol. The molecule has 30 heavy (non-hydrogen) atoms. The summed E-state index contributed by atoms with van der Waals surface area (Å²) in [6.07, 6.45) is 1.61. The summed E-state index contributed by atoms with van der Waals surface area (Å²) in [5.41, 5.74) is 1.37. The Kier molecular flexibility index (Phi) is 8.24. The molecule has 0 radical (unpaired) electrons. The van der Waals surface area contributed by atoms with Crippen LogP contribution in [0.4, 0.5) is 0 Å². The third-order valence-electron chi connectivity index (χ3n) is 4.70. The molecule has 9 nitrogen and oxygen atoms in total. The maximum absolute atomic E-state index is 12.4. The fourth-order valence-electron chi connectivity index (χ4n) is 3.09. The van der Waals surface area contributed by atoms with Gasteiger partial charge in [-0.15, -0.1) is 0 Å². The minimum atomic E-state index is -3.76. The predicted molar refractivity (Wildman–Crippen MR) is 111 cm³/mol. The van der Waals surface area contributed by atoms with Crippen LogP contribution in [0.2, 0.25) is 0 Å². The smallest absolute Gasteiger partial charge is 0.245 e. The molecule has 1 aromatic carbocycles. The molecule has 0 aliphatic rings. The SMILES string of the molecule is COc1ccc(CCCN(C)C(=O)CCNS(=O)(=O)c2c(C)noc2C)cc1OC. The maximum Gasteiger partial charge on any atom is 0.245 e. The molecule has 0 saturated heterocycles. The number of nitrogens with zero attached hydrogens (tertiary/aromatic N) is 2. The first-order valence-electron chi connectivity index (χ1n) is 9.57. The van der Waals surface area contributed by atoms with Crippen molar-refractivity contribution in [3.63, 3.8) is 0 Å². The van der Waals surface area contributed by atoms with E-state index in [9.17, 15) is 13.2 Å². The molecule has 0 fully saturated rings. The molecular weight excluding hydrogens is 410 g/mol. The van der Waals surface area contributed by atoms with Crippen LogP contribution in [-0.4, -0.2) is 58.7 Å². The van der Waals surface area contributed by atoms with Gasteiger partial charge in [0.2, 0.25) is 15.9 Å². The Hall–Kier alpha value is -2.59. The third kappa shape index (κ3) is 5.96. The summed E-state index contributed by atoms with van der Waals surface area (Å²) in [7, 11) is 1.13. The molecule has 1 aromatic heterocycles. The molecule has 0 spiro atoms. The number of nitrogens with one attached hydrogen (secondary N) is 1. The number of aromatic nitrogens is 1. The second kappa shape index (κ2) is 10.4. The van der Waals surface area contributed by atoms with Crippen molar-refractivity contribution in [1.29, 1.82) is 0 Å². The summed E-state index contributed by atoms with van der Waals surface area (Å²) in [4.78, 5) is 13.9. The average Bonchev–Trinajstić information content (AvgIpc) is 3.06. The lowest BCUT2D eigenvalue weighted by Gasteiger charge is -2.17. The molecule has 2 aromatic rings. The summed E-state index contributed by atoms with van der Waals surface area (Å²) >= 11 is 0. The number of carbonyl (C=O) groups excluding carboxylic acids is 1. The van der Waals surface area contributed by atoms with Crippen molar-refractivity contribution in [2.75, 3.05) is 34.4 Å². The van der Waals surface area contributed by atoms with E-state index in [-0.39, 0.29) is 29.5 Å². The van der Waals surface area contributed by atoms with Crippen molar-refractivity contribution in [1.82, 2.24) is 14.8 Å². The molecule has 166 valence electrons. The second-order valence-corrected chi connectivity index (χ2v) is 8.61. The number of rotatable bonds is 11. The van der Waals surface area contributed by atoms with Crippen molar-refractivity contribution < 1.29 is 27.2 Å². The van der Waals surface area contributed by atoms with Crippen LogP contribution in [0.25, 0.3) is 0 Å². The molecular formula is C20H29N3O6S. The molecule has 0 unspecified atom stereocenters.